The highest BCUT2D eigenvalue weighted by Crippen LogP contribution is 2.42. The van der Waals surface area contributed by atoms with Gasteiger partial charge in [0, 0.05) is 25.4 Å². The van der Waals surface area contributed by atoms with Gasteiger partial charge < -0.3 is 29.2 Å². The molecule has 1 unspecified atom stereocenters. The molecule has 0 radical (unpaired) electrons. The van der Waals surface area contributed by atoms with E-state index in [-0.39, 0.29) is 31.1 Å². The molecule has 0 aromatic heterocycles. The normalized spacial score (nSPS) is 26.8. The van der Waals surface area contributed by atoms with Gasteiger partial charge in [0.25, 0.3) is 0 Å². The minimum absolute atomic E-state index is 0.132. The number of amides is 2. The first kappa shape index (κ1) is 22.5. The molecule has 1 spiro atoms. The summed E-state index contributed by atoms with van der Waals surface area (Å²) in [7, 11) is 0. The van der Waals surface area contributed by atoms with E-state index in [9.17, 15) is 14.4 Å². The van der Waals surface area contributed by atoms with Crippen molar-refractivity contribution in [1.82, 2.24) is 10.2 Å². The van der Waals surface area contributed by atoms with Crippen LogP contribution in [0.1, 0.15) is 38.2 Å². The Morgan fingerprint density at radius 1 is 1.16 bits per heavy atom. The molecule has 9 nitrogen and oxygen atoms in total. The molecule has 3 aliphatic rings. The van der Waals surface area contributed by atoms with Crippen molar-refractivity contribution in [1.29, 1.82) is 0 Å². The zero-order chi connectivity index (χ0) is 22.6. The lowest BCUT2D eigenvalue weighted by Crippen LogP contribution is -2.54. The minimum atomic E-state index is -0.768. The summed E-state index contributed by atoms with van der Waals surface area (Å²) < 4.78 is 22.2. The largest absolute Gasteiger partial charge is 0.466 e. The van der Waals surface area contributed by atoms with Crippen LogP contribution in [0.4, 0.5) is 4.79 Å². The molecular formula is C23H30N2O7. The predicted molar refractivity (Wildman–Crippen MR) is 112 cm³/mol. The van der Waals surface area contributed by atoms with Gasteiger partial charge in [-0.3, -0.25) is 9.59 Å². The molecule has 4 rings (SSSR count). The van der Waals surface area contributed by atoms with E-state index in [4.69, 9.17) is 18.9 Å². The number of alkyl carbamates (subject to hydrolysis) is 1. The van der Waals surface area contributed by atoms with Gasteiger partial charge in [-0.2, -0.15) is 0 Å². The van der Waals surface area contributed by atoms with Crippen LogP contribution in [0, 0.1) is 5.92 Å². The first-order valence-corrected chi connectivity index (χ1v) is 11.2. The van der Waals surface area contributed by atoms with E-state index >= 15 is 0 Å². The first-order chi connectivity index (χ1) is 15.5. The number of ether oxygens (including phenoxy) is 4. The van der Waals surface area contributed by atoms with Crippen LogP contribution < -0.4 is 5.32 Å². The van der Waals surface area contributed by atoms with Gasteiger partial charge in [0.2, 0.25) is 5.91 Å². The lowest BCUT2D eigenvalue weighted by Gasteiger charge is -2.43. The molecule has 1 aromatic carbocycles. The molecule has 9 heteroatoms. The highest BCUT2D eigenvalue weighted by molar-refractivity contribution is 5.88. The van der Waals surface area contributed by atoms with Crippen LogP contribution in [-0.4, -0.2) is 67.1 Å². The Kier molecular flexibility index (Phi) is 6.95. The third kappa shape index (κ3) is 4.88. The molecule has 0 bridgehead atoms. The zero-order valence-corrected chi connectivity index (χ0v) is 18.3. The Morgan fingerprint density at radius 3 is 2.62 bits per heavy atom. The number of esters is 1. The molecule has 2 saturated heterocycles. The molecule has 1 aromatic rings. The fourth-order valence-electron chi connectivity index (χ4n) is 4.84. The molecule has 3 fully saturated rings. The van der Waals surface area contributed by atoms with E-state index in [1.807, 2.05) is 30.3 Å². The van der Waals surface area contributed by atoms with Gasteiger partial charge in [0.05, 0.1) is 25.7 Å². The number of likely N-dealkylation sites (tertiary alicyclic amines) is 1. The van der Waals surface area contributed by atoms with Gasteiger partial charge in [-0.05, 0) is 25.3 Å². The second-order valence-corrected chi connectivity index (χ2v) is 8.36. The van der Waals surface area contributed by atoms with Gasteiger partial charge in [-0.15, -0.1) is 0 Å². The number of carbonyl (C=O) groups excluding carboxylic acids is 3. The van der Waals surface area contributed by atoms with Gasteiger partial charge in [-0.1, -0.05) is 30.3 Å². The van der Waals surface area contributed by atoms with Gasteiger partial charge in [0.1, 0.15) is 12.6 Å². The lowest BCUT2D eigenvalue weighted by atomic mass is 9.79. The monoisotopic (exact) mass is 446 g/mol. The van der Waals surface area contributed by atoms with Gasteiger partial charge in [-0.25, -0.2) is 4.79 Å². The summed E-state index contributed by atoms with van der Waals surface area (Å²) in [6.45, 7) is 3.61. The van der Waals surface area contributed by atoms with E-state index in [1.165, 1.54) is 0 Å². The van der Waals surface area contributed by atoms with E-state index in [2.05, 4.69) is 5.32 Å². The molecule has 1 aliphatic carbocycles. The Labute approximate surface area is 187 Å². The number of hydrogen-bond acceptors (Lipinski definition) is 7. The third-order valence-electron chi connectivity index (χ3n) is 6.36. The summed E-state index contributed by atoms with van der Waals surface area (Å²) in [4.78, 5) is 39.7. The van der Waals surface area contributed by atoms with Crippen LogP contribution in [0.2, 0.25) is 0 Å². The molecule has 2 heterocycles. The fraction of sp³-hybridized carbons (Fsp3) is 0.609. The van der Waals surface area contributed by atoms with E-state index in [0.29, 0.717) is 45.4 Å². The molecular weight excluding hydrogens is 416 g/mol. The van der Waals surface area contributed by atoms with Crippen molar-refractivity contribution in [3.8, 4) is 0 Å². The number of hydrogen-bond donors (Lipinski definition) is 1. The number of nitrogens with zero attached hydrogens (tertiary/aromatic N) is 1. The summed E-state index contributed by atoms with van der Waals surface area (Å²) in [5.41, 5.74) is 0.867. The van der Waals surface area contributed by atoms with E-state index in [0.717, 1.165) is 5.56 Å². The number of rotatable bonds is 6. The maximum atomic E-state index is 13.1. The number of carbonyl (C=O) groups is 3. The third-order valence-corrected chi connectivity index (χ3v) is 6.36. The van der Waals surface area contributed by atoms with Crippen molar-refractivity contribution in [3.05, 3.63) is 35.9 Å². The van der Waals surface area contributed by atoms with Crippen LogP contribution >= 0.6 is 0 Å². The Hall–Kier alpha value is -2.65. The molecule has 1 N–H and O–H groups in total. The zero-order valence-electron chi connectivity index (χ0n) is 18.3. The molecule has 2 amide bonds. The molecule has 32 heavy (non-hydrogen) atoms. The highest BCUT2D eigenvalue weighted by Gasteiger charge is 2.52. The molecule has 2 aliphatic heterocycles. The van der Waals surface area contributed by atoms with Crippen LogP contribution in [0.15, 0.2) is 30.3 Å². The molecule has 174 valence electrons. The Bertz CT molecular complexity index is 825. The highest BCUT2D eigenvalue weighted by atomic mass is 16.7. The van der Waals surface area contributed by atoms with E-state index in [1.54, 1.807) is 11.8 Å². The number of nitrogens with one attached hydrogen (secondary N) is 1. The van der Waals surface area contributed by atoms with Gasteiger partial charge >= 0.3 is 12.1 Å². The molecule has 1 saturated carbocycles. The average molecular weight is 447 g/mol. The maximum Gasteiger partial charge on any atom is 0.408 e. The summed E-state index contributed by atoms with van der Waals surface area (Å²) >= 11 is 0. The summed E-state index contributed by atoms with van der Waals surface area (Å²) in [6, 6.07) is 8.35. The summed E-state index contributed by atoms with van der Waals surface area (Å²) in [6.07, 6.45) is 1.36. The first-order valence-electron chi connectivity index (χ1n) is 11.2. The number of benzene rings is 1. The average Bonchev–Trinajstić information content (AvgIpc) is 3.40. The standard InChI is InChI=1S/C23H30N2O7/c1-2-29-21(27)17-14-23(31-12-13-32-23)10-8-19(17)25-11-9-18(20(25)26)24-22(28)30-15-16-6-4-3-5-7-16/h3-7,17-19H,2,8-15H2,1H3,(H,24,28)/t17-,18+,19?/m1/s1. The smallest absolute Gasteiger partial charge is 0.408 e. The van der Waals surface area contributed by atoms with Crippen molar-refractivity contribution in [2.45, 2.75) is 57.1 Å². The summed E-state index contributed by atoms with van der Waals surface area (Å²) in [5, 5.41) is 2.67. The SMILES string of the molecule is CCOC(=O)[C@@H]1CC2(CCC1N1CC[C@H](NC(=O)OCc3ccccc3)C1=O)OCCO2. The van der Waals surface area contributed by atoms with Gasteiger partial charge in [0.15, 0.2) is 5.79 Å². The van der Waals surface area contributed by atoms with Crippen molar-refractivity contribution in [3.63, 3.8) is 0 Å². The van der Waals surface area contributed by atoms with Crippen LogP contribution in [0.25, 0.3) is 0 Å². The quantitative estimate of drug-likeness (QED) is 0.667. The lowest BCUT2D eigenvalue weighted by molar-refractivity contribution is -0.204. The van der Waals surface area contributed by atoms with Crippen molar-refractivity contribution < 1.29 is 33.3 Å². The van der Waals surface area contributed by atoms with Crippen LogP contribution in [0.5, 0.6) is 0 Å². The minimum Gasteiger partial charge on any atom is -0.466 e. The topological polar surface area (TPSA) is 103 Å². The second kappa shape index (κ2) is 9.87. The van der Waals surface area contributed by atoms with Crippen molar-refractivity contribution in [2.24, 2.45) is 5.92 Å². The van der Waals surface area contributed by atoms with E-state index < -0.39 is 23.8 Å². The maximum absolute atomic E-state index is 13.1. The fourth-order valence-corrected chi connectivity index (χ4v) is 4.84. The second-order valence-electron chi connectivity index (χ2n) is 8.36. The molecule has 3 atom stereocenters. The predicted octanol–water partition coefficient (Wildman–Crippen LogP) is 1.99. The Morgan fingerprint density at radius 2 is 1.91 bits per heavy atom. The van der Waals surface area contributed by atoms with Crippen molar-refractivity contribution in [2.75, 3.05) is 26.4 Å². The van der Waals surface area contributed by atoms with Crippen molar-refractivity contribution >= 4 is 18.0 Å². The van der Waals surface area contributed by atoms with Crippen LogP contribution in [-0.2, 0) is 35.1 Å². The Balaban J connectivity index is 1.36. The summed E-state index contributed by atoms with van der Waals surface area (Å²) in [5.74, 6) is -1.85. The van der Waals surface area contributed by atoms with Crippen LogP contribution in [0.3, 0.4) is 0 Å².